The lowest BCUT2D eigenvalue weighted by Gasteiger charge is -2.43. The highest BCUT2D eigenvalue weighted by Crippen LogP contribution is 2.29. The second-order valence-electron chi connectivity index (χ2n) is 6.43. The van der Waals surface area contributed by atoms with Crippen LogP contribution in [0.3, 0.4) is 0 Å². The highest BCUT2D eigenvalue weighted by Gasteiger charge is 2.33. The summed E-state index contributed by atoms with van der Waals surface area (Å²) in [6.45, 7) is 10.7. The molecule has 2 rings (SSSR count). The topological polar surface area (TPSA) is 15.3 Å². The average Bonchev–Trinajstić information content (AvgIpc) is 2.77. The summed E-state index contributed by atoms with van der Waals surface area (Å²) in [5.74, 6) is 0. The van der Waals surface area contributed by atoms with E-state index in [1.165, 1.54) is 44.3 Å². The first kappa shape index (κ1) is 16.5. The van der Waals surface area contributed by atoms with Crippen molar-refractivity contribution in [3.8, 4) is 0 Å². The van der Waals surface area contributed by atoms with E-state index < -0.39 is 0 Å². The van der Waals surface area contributed by atoms with Crippen LogP contribution in [-0.2, 0) is 6.42 Å². The molecule has 1 saturated heterocycles. The summed E-state index contributed by atoms with van der Waals surface area (Å²) in [6, 6.07) is 11.5. The zero-order chi connectivity index (χ0) is 15.1. The molecule has 1 aliphatic rings. The minimum Gasteiger partial charge on any atom is -0.312 e. The van der Waals surface area contributed by atoms with Crippen LogP contribution in [0, 0.1) is 0 Å². The highest BCUT2D eigenvalue weighted by molar-refractivity contribution is 5.16. The molecule has 1 aliphatic heterocycles. The van der Waals surface area contributed by atoms with E-state index in [9.17, 15) is 0 Å². The molecule has 2 nitrogen and oxygen atoms in total. The molecule has 1 unspecified atom stereocenters. The molecule has 1 aromatic rings. The minimum absolute atomic E-state index is 0.404. The molecule has 1 aromatic carbocycles. The van der Waals surface area contributed by atoms with Crippen molar-refractivity contribution in [2.24, 2.45) is 0 Å². The summed E-state index contributed by atoms with van der Waals surface area (Å²) in [5, 5.41) is 3.76. The van der Waals surface area contributed by atoms with Gasteiger partial charge in [0.25, 0.3) is 0 Å². The molecule has 118 valence electrons. The van der Waals surface area contributed by atoms with Gasteiger partial charge in [-0.15, -0.1) is 0 Å². The molecule has 0 aliphatic carbocycles. The zero-order valence-electron chi connectivity index (χ0n) is 14.1. The second-order valence-corrected chi connectivity index (χ2v) is 6.43. The van der Waals surface area contributed by atoms with Crippen molar-refractivity contribution in [1.29, 1.82) is 0 Å². The summed E-state index contributed by atoms with van der Waals surface area (Å²) in [6.07, 6.45) is 6.20. The fourth-order valence-corrected chi connectivity index (χ4v) is 3.88. The first-order valence-electron chi connectivity index (χ1n) is 8.76. The predicted molar refractivity (Wildman–Crippen MR) is 91.7 cm³/mol. The van der Waals surface area contributed by atoms with Crippen LogP contribution in [0.25, 0.3) is 0 Å². The number of nitrogens with one attached hydrogen (secondary N) is 1. The Bertz CT molecular complexity index is 389. The Morgan fingerprint density at radius 1 is 1.10 bits per heavy atom. The molecule has 1 N–H and O–H groups in total. The normalized spacial score (nSPS) is 21.2. The van der Waals surface area contributed by atoms with Crippen LogP contribution in [0.2, 0.25) is 0 Å². The number of nitrogens with zero attached hydrogens (tertiary/aromatic N) is 1. The van der Waals surface area contributed by atoms with Gasteiger partial charge in [0.05, 0.1) is 0 Å². The van der Waals surface area contributed by atoms with Gasteiger partial charge >= 0.3 is 0 Å². The maximum absolute atomic E-state index is 3.76. The largest absolute Gasteiger partial charge is 0.312 e. The molecule has 0 bridgehead atoms. The molecule has 1 heterocycles. The molecule has 1 fully saturated rings. The molecular formula is C19H32N2. The Morgan fingerprint density at radius 2 is 1.76 bits per heavy atom. The molecule has 0 amide bonds. The van der Waals surface area contributed by atoms with Crippen LogP contribution < -0.4 is 5.32 Å². The maximum Gasteiger partial charge on any atom is 0.0235 e. The van der Waals surface area contributed by atoms with Gasteiger partial charge in [0, 0.05) is 18.1 Å². The monoisotopic (exact) mass is 288 g/mol. The highest BCUT2D eigenvalue weighted by atomic mass is 15.2. The number of benzene rings is 1. The fraction of sp³-hybridized carbons (Fsp3) is 0.684. The Hall–Kier alpha value is -0.860. The smallest absolute Gasteiger partial charge is 0.0235 e. The van der Waals surface area contributed by atoms with Gasteiger partial charge in [-0.2, -0.15) is 0 Å². The van der Waals surface area contributed by atoms with E-state index in [0.29, 0.717) is 11.6 Å². The van der Waals surface area contributed by atoms with Gasteiger partial charge in [0.15, 0.2) is 0 Å². The second kappa shape index (κ2) is 7.95. The van der Waals surface area contributed by atoms with E-state index in [-0.39, 0.29) is 0 Å². The Labute approximate surface area is 130 Å². The zero-order valence-corrected chi connectivity index (χ0v) is 14.1. The predicted octanol–water partition coefficient (Wildman–Crippen LogP) is 3.86. The van der Waals surface area contributed by atoms with E-state index in [0.717, 1.165) is 13.0 Å². The van der Waals surface area contributed by atoms with E-state index >= 15 is 0 Å². The van der Waals surface area contributed by atoms with E-state index in [1.807, 2.05) is 0 Å². The molecule has 0 saturated carbocycles. The average molecular weight is 288 g/mol. The quantitative estimate of drug-likeness (QED) is 0.855. The fourth-order valence-electron chi connectivity index (χ4n) is 3.88. The summed E-state index contributed by atoms with van der Waals surface area (Å²) >= 11 is 0. The molecular weight excluding hydrogens is 256 g/mol. The van der Waals surface area contributed by atoms with E-state index in [2.05, 4.69) is 61.3 Å². The Kier molecular flexibility index (Phi) is 6.25. The van der Waals surface area contributed by atoms with Gasteiger partial charge in [-0.05, 0) is 50.8 Å². The lowest BCUT2D eigenvalue weighted by Crippen LogP contribution is -2.51. The van der Waals surface area contributed by atoms with Crippen molar-refractivity contribution in [3.63, 3.8) is 0 Å². The maximum atomic E-state index is 3.76. The van der Waals surface area contributed by atoms with E-state index in [4.69, 9.17) is 0 Å². The SMILES string of the molecule is CCC(CC)(CC)N1CCCNC(Cc2ccccc2)C1. The van der Waals surface area contributed by atoms with Gasteiger partial charge in [0.1, 0.15) is 0 Å². The summed E-state index contributed by atoms with van der Waals surface area (Å²) in [4.78, 5) is 2.78. The van der Waals surface area contributed by atoms with Crippen molar-refractivity contribution < 1.29 is 0 Å². The number of hydrogen-bond donors (Lipinski definition) is 1. The van der Waals surface area contributed by atoms with Crippen LogP contribution in [0.15, 0.2) is 30.3 Å². The van der Waals surface area contributed by atoms with Gasteiger partial charge in [0.2, 0.25) is 0 Å². The summed E-state index contributed by atoms with van der Waals surface area (Å²) in [5.41, 5.74) is 1.85. The van der Waals surface area contributed by atoms with Crippen molar-refractivity contribution in [1.82, 2.24) is 10.2 Å². The van der Waals surface area contributed by atoms with Gasteiger partial charge in [-0.1, -0.05) is 51.1 Å². The third-order valence-corrected chi connectivity index (χ3v) is 5.45. The summed E-state index contributed by atoms with van der Waals surface area (Å²) < 4.78 is 0. The Morgan fingerprint density at radius 3 is 2.38 bits per heavy atom. The van der Waals surface area contributed by atoms with Crippen LogP contribution >= 0.6 is 0 Å². The standard InChI is InChI=1S/C19H32N2/c1-4-19(5-2,6-3)21-14-10-13-20-18(16-21)15-17-11-8-7-9-12-17/h7-9,11-12,18,20H,4-6,10,13-16H2,1-3H3. The third-order valence-electron chi connectivity index (χ3n) is 5.45. The third kappa shape index (κ3) is 4.08. The van der Waals surface area contributed by atoms with Gasteiger partial charge in [-0.3, -0.25) is 4.90 Å². The minimum atomic E-state index is 0.404. The lowest BCUT2D eigenvalue weighted by atomic mass is 9.87. The van der Waals surface area contributed by atoms with Gasteiger partial charge in [-0.25, -0.2) is 0 Å². The number of hydrogen-bond acceptors (Lipinski definition) is 2. The van der Waals surface area contributed by atoms with E-state index in [1.54, 1.807) is 0 Å². The van der Waals surface area contributed by atoms with Crippen molar-refractivity contribution >= 4 is 0 Å². The molecule has 0 radical (unpaired) electrons. The first-order valence-corrected chi connectivity index (χ1v) is 8.76. The molecule has 0 aromatic heterocycles. The van der Waals surface area contributed by atoms with Crippen LogP contribution in [-0.4, -0.2) is 36.1 Å². The first-order chi connectivity index (χ1) is 10.2. The van der Waals surface area contributed by atoms with Crippen LogP contribution in [0.5, 0.6) is 0 Å². The van der Waals surface area contributed by atoms with Gasteiger partial charge < -0.3 is 5.32 Å². The van der Waals surface area contributed by atoms with Crippen LogP contribution in [0.4, 0.5) is 0 Å². The molecule has 1 atom stereocenters. The van der Waals surface area contributed by atoms with Crippen molar-refractivity contribution in [2.75, 3.05) is 19.6 Å². The Balaban J connectivity index is 2.07. The number of rotatable bonds is 6. The molecule has 2 heteroatoms. The molecule has 0 spiro atoms. The summed E-state index contributed by atoms with van der Waals surface area (Å²) in [7, 11) is 0. The van der Waals surface area contributed by atoms with Crippen molar-refractivity contribution in [3.05, 3.63) is 35.9 Å². The van der Waals surface area contributed by atoms with Crippen LogP contribution in [0.1, 0.15) is 52.0 Å². The molecule has 21 heavy (non-hydrogen) atoms. The lowest BCUT2D eigenvalue weighted by molar-refractivity contribution is 0.0717. The van der Waals surface area contributed by atoms with Crippen molar-refractivity contribution in [2.45, 2.75) is 64.5 Å².